The first-order valence-corrected chi connectivity index (χ1v) is 7.93. The molecule has 0 aromatic carbocycles. The Labute approximate surface area is 120 Å². The van der Waals surface area contributed by atoms with Crippen LogP contribution in [0.15, 0.2) is 11.4 Å². The molecule has 1 saturated heterocycles. The number of hydrogen-bond acceptors (Lipinski definition) is 3. The fraction of sp³-hybridized carbons (Fsp3) is 0.583. The molecule has 1 unspecified atom stereocenters. The van der Waals surface area contributed by atoms with Crippen LogP contribution in [0.1, 0.15) is 30.1 Å². The van der Waals surface area contributed by atoms with E-state index in [1.54, 1.807) is 11.3 Å². The Morgan fingerprint density at radius 3 is 3.18 bits per heavy atom. The molecule has 1 aromatic rings. The SMILES string of the molecule is CCN1CCCC1CNC(=O)c1csc(I)c1. The average Bonchev–Trinajstić information content (AvgIpc) is 2.94. The summed E-state index contributed by atoms with van der Waals surface area (Å²) < 4.78 is 1.16. The highest BCUT2D eigenvalue weighted by molar-refractivity contribution is 14.1. The molecule has 0 radical (unpaired) electrons. The number of carbonyl (C=O) groups is 1. The molecule has 1 aromatic heterocycles. The van der Waals surface area contributed by atoms with Crippen LogP contribution < -0.4 is 5.32 Å². The summed E-state index contributed by atoms with van der Waals surface area (Å²) in [6.07, 6.45) is 2.46. The van der Waals surface area contributed by atoms with Gasteiger partial charge in [-0.15, -0.1) is 11.3 Å². The summed E-state index contributed by atoms with van der Waals surface area (Å²) in [4.78, 5) is 14.3. The lowest BCUT2D eigenvalue weighted by Crippen LogP contribution is -2.39. The van der Waals surface area contributed by atoms with Crippen LogP contribution in [0.3, 0.4) is 0 Å². The van der Waals surface area contributed by atoms with E-state index in [4.69, 9.17) is 0 Å². The fourth-order valence-electron chi connectivity index (χ4n) is 2.28. The van der Waals surface area contributed by atoms with Crippen LogP contribution in [0.2, 0.25) is 0 Å². The van der Waals surface area contributed by atoms with Crippen LogP contribution in [-0.2, 0) is 0 Å². The van der Waals surface area contributed by atoms with Crippen LogP contribution >= 0.6 is 33.9 Å². The Morgan fingerprint density at radius 1 is 1.71 bits per heavy atom. The largest absolute Gasteiger partial charge is 0.350 e. The second kappa shape index (κ2) is 6.15. The first kappa shape index (κ1) is 13.3. The zero-order valence-corrected chi connectivity index (χ0v) is 12.9. The van der Waals surface area contributed by atoms with Gasteiger partial charge >= 0.3 is 0 Å². The van der Waals surface area contributed by atoms with Crippen molar-refractivity contribution in [1.82, 2.24) is 10.2 Å². The zero-order chi connectivity index (χ0) is 12.3. The van der Waals surface area contributed by atoms with Gasteiger partial charge in [-0.05, 0) is 54.6 Å². The van der Waals surface area contributed by atoms with E-state index in [9.17, 15) is 4.79 Å². The van der Waals surface area contributed by atoms with Gasteiger partial charge in [-0.1, -0.05) is 6.92 Å². The van der Waals surface area contributed by atoms with E-state index in [1.807, 2.05) is 11.4 Å². The van der Waals surface area contributed by atoms with E-state index in [-0.39, 0.29) is 5.91 Å². The maximum Gasteiger partial charge on any atom is 0.252 e. The molecule has 1 amide bonds. The summed E-state index contributed by atoms with van der Waals surface area (Å²) in [5, 5.41) is 4.96. The number of amides is 1. The molecular weight excluding hydrogens is 347 g/mol. The summed E-state index contributed by atoms with van der Waals surface area (Å²) in [5.74, 6) is 0.0621. The number of carbonyl (C=O) groups excluding carboxylic acids is 1. The van der Waals surface area contributed by atoms with Crippen LogP contribution in [0.4, 0.5) is 0 Å². The third-order valence-electron chi connectivity index (χ3n) is 3.23. The standard InChI is InChI=1S/C12H17IN2OS/c1-2-15-5-3-4-10(15)7-14-12(16)9-6-11(13)17-8-9/h6,8,10H,2-5,7H2,1H3,(H,14,16). The Hall–Kier alpha value is -0.140. The monoisotopic (exact) mass is 364 g/mol. The number of halogens is 1. The molecule has 94 valence electrons. The van der Waals surface area contributed by atoms with E-state index >= 15 is 0 Å². The topological polar surface area (TPSA) is 32.3 Å². The van der Waals surface area contributed by atoms with Gasteiger partial charge in [0.25, 0.3) is 5.91 Å². The van der Waals surface area contributed by atoms with E-state index in [1.165, 1.54) is 19.4 Å². The molecule has 3 nitrogen and oxygen atoms in total. The molecule has 0 spiro atoms. The lowest BCUT2D eigenvalue weighted by molar-refractivity contribution is 0.0942. The highest BCUT2D eigenvalue weighted by atomic mass is 127. The molecular formula is C12H17IN2OS. The molecule has 17 heavy (non-hydrogen) atoms. The van der Waals surface area contributed by atoms with Gasteiger partial charge < -0.3 is 5.32 Å². The first-order valence-electron chi connectivity index (χ1n) is 5.97. The number of thiophene rings is 1. The first-order chi connectivity index (χ1) is 8.20. The van der Waals surface area contributed by atoms with Crippen LogP contribution in [-0.4, -0.2) is 36.5 Å². The number of nitrogens with zero attached hydrogens (tertiary/aromatic N) is 1. The normalized spacial score (nSPS) is 20.7. The van der Waals surface area contributed by atoms with Crippen molar-refractivity contribution >= 4 is 39.8 Å². The minimum absolute atomic E-state index is 0.0621. The molecule has 0 aliphatic carbocycles. The summed E-state index contributed by atoms with van der Waals surface area (Å²) in [7, 11) is 0. The van der Waals surface area contributed by atoms with E-state index in [0.717, 1.165) is 21.5 Å². The second-order valence-corrected chi connectivity index (χ2v) is 7.08. The third-order valence-corrected chi connectivity index (χ3v) is 5.02. The zero-order valence-electron chi connectivity index (χ0n) is 9.91. The van der Waals surface area contributed by atoms with Crippen LogP contribution in [0.5, 0.6) is 0 Å². The Bertz CT molecular complexity index is 394. The van der Waals surface area contributed by atoms with E-state index in [0.29, 0.717) is 6.04 Å². The molecule has 0 saturated carbocycles. The molecule has 1 aliphatic heterocycles. The summed E-state index contributed by atoms with van der Waals surface area (Å²) in [5.41, 5.74) is 0.792. The van der Waals surface area contributed by atoms with E-state index < -0.39 is 0 Å². The molecule has 1 N–H and O–H groups in total. The highest BCUT2D eigenvalue weighted by Gasteiger charge is 2.23. The summed E-state index contributed by atoms with van der Waals surface area (Å²) in [6, 6.07) is 2.47. The van der Waals surface area contributed by atoms with Crippen molar-refractivity contribution in [3.05, 3.63) is 19.9 Å². The molecule has 1 aliphatic rings. The summed E-state index contributed by atoms with van der Waals surface area (Å²) >= 11 is 3.85. The predicted molar refractivity (Wildman–Crippen MR) is 79.6 cm³/mol. The number of nitrogens with one attached hydrogen (secondary N) is 1. The van der Waals surface area contributed by atoms with Crippen LogP contribution in [0, 0.1) is 2.88 Å². The van der Waals surface area contributed by atoms with Crippen molar-refractivity contribution in [2.75, 3.05) is 19.6 Å². The van der Waals surface area contributed by atoms with Gasteiger partial charge in [-0.25, -0.2) is 0 Å². The smallest absolute Gasteiger partial charge is 0.252 e. The fourth-order valence-corrected chi connectivity index (χ4v) is 3.61. The van der Waals surface area contributed by atoms with Gasteiger partial charge in [0.15, 0.2) is 0 Å². The summed E-state index contributed by atoms with van der Waals surface area (Å²) in [6.45, 7) is 5.21. The number of hydrogen-bond donors (Lipinski definition) is 1. The number of rotatable bonds is 4. The van der Waals surface area contributed by atoms with Crippen molar-refractivity contribution in [1.29, 1.82) is 0 Å². The third kappa shape index (κ3) is 3.42. The minimum atomic E-state index is 0.0621. The highest BCUT2D eigenvalue weighted by Crippen LogP contribution is 2.18. The molecule has 0 bridgehead atoms. The average molecular weight is 364 g/mol. The van der Waals surface area contributed by atoms with Crippen LogP contribution in [0.25, 0.3) is 0 Å². The van der Waals surface area contributed by atoms with Gasteiger partial charge in [0, 0.05) is 18.0 Å². The molecule has 1 atom stereocenters. The Balaban J connectivity index is 1.84. The molecule has 1 fully saturated rings. The van der Waals surface area contributed by atoms with E-state index in [2.05, 4.69) is 39.7 Å². The number of likely N-dealkylation sites (N-methyl/N-ethyl adjacent to an activating group) is 1. The second-order valence-electron chi connectivity index (χ2n) is 4.27. The maximum atomic E-state index is 11.9. The van der Waals surface area contributed by atoms with Crippen molar-refractivity contribution in [2.45, 2.75) is 25.8 Å². The number of likely N-dealkylation sites (tertiary alicyclic amines) is 1. The van der Waals surface area contributed by atoms with Gasteiger partial charge in [-0.3, -0.25) is 9.69 Å². The van der Waals surface area contributed by atoms with Gasteiger partial charge in [0.1, 0.15) is 0 Å². The Kier molecular flexibility index (Phi) is 4.81. The van der Waals surface area contributed by atoms with Gasteiger partial charge in [-0.2, -0.15) is 0 Å². The predicted octanol–water partition coefficient (Wildman–Crippen LogP) is 2.57. The molecule has 2 rings (SSSR count). The quantitative estimate of drug-likeness (QED) is 0.833. The molecule has 5 heteroatoms. The lowest BCUT2D eigenvalue weighted by Gasteiger charge is -2.22. The van der Waals surface area contributed by atoms with Crippen molar-refractivity contribution in [3.63, 3.8) is 0 Å². The van der Waals surface area contributed by atoms with Crippen molar-refractivity contribution < 1.29 is 4.79 Å². The van der Waals surface area contributed by atoms with Crippen molar-refractivity contribution in [2.24, 2.45) is 0 Å². The van der Waals surface area contributed by atoms with Crippen molar-refractivity contribution in [3.8, 4) is 0 Å². The maximum absolute atomic E-state index is 11.9. The minimum Gasteiger partial charge on any atom is -0.350 e. The lowest BCUT2D eigenvalue weighted by atomic mass is 10.2. The molecule has 2 heterocycles. The Morgan fingerprint density at radius 2 is 2.53 bits per heavy atom. The van der Waals surface area contributed by atoms with Gasteiger partial charge in [0.2, 0.25) is 0 Å². The van der Waals surface area contributed by atoms with Gasteiger partial charge in [0.05, 0.1) is 8.45 Å².